The smallest absolute Gasteiger partial charge is 0.479 e. The van der Waals surface area contributed by atoms with Gasteiger partial charge >= 0.3 is 20.1 Å². The maximum atomic E-state index is 12.9. The number of ether oxygens (including phenoxy) is 1. The lowest BCUT2D eigenvalue weighted by molar-refractivity contribution is -0.145. The monoisotopic (exact) mass is 531 g/mol. The van der Waals surface area contributed by atoms with E-state index in [2.05, 4.69) is 10.6 Å². The summed E-state index contributed by atoms with van der Waals surface area (Å²) in [5, 5.41) is 14.9. The molecule has 0 aliphatic rings. The lowest BCUT2D eigenvalue weighted by Crippen LogP contribution is -2.37. The van der Waals surface area contributed by atoms with Gasteiger partial charge in [-0.05, 0) is 41.4 Å². The summed E-state index contributed by atoms with van der Waals surface area (Å²) in [6.07, 6.45) is -0.0374. The summed E-state index contributed by atoms with van der Waals surface area (Å²) in [6, 6.07) is 18.8. The highest BCUT2D eigenvalue weighted by Crippen LogP contribution is 2.35. The first kappa shape index (κ1) is 29.9. The number of alkyl carbamates (subject to hydrolysis) is 1. The number of aryl methyl sites for hydroxylation is 1. The molecule has 0 fully saturated rings. The van der Waals surface area contributed by atoms with Crippen LogP contribution in [0.5, 0.6) is 0 Å². The van der Waals surface area contributed by atoms with Crippen molar-refractivity contribution < 1.29 is 33.3 Å². The Hall–Kier alpha value is -3.29. The Kier molecular flexibility index (Phi) is 13.3. The van der Waals surface area contributed by atoms with Crippen molar-refractivity contribution in [3.63, 3.8) is 0 Å². The molecule has 2 aromatic carbocycles. The molecule has 10 heteroatoms. The van der Waals surface area contributed by atoms with Crippen molar-refractivity contribution in [2.75, 3.05) is 6.54 Å². The fourth-order valence-electron chi connectivity index (χ4n) is 3.43. The summed E-state index contributed by atoms with van der Waals surface area (Å²) in [6.45, 7) is 4.04. The number of carboxylic acids is 1. The number of rotatable bonds is 16. The van der Waals surface area contributed by atoms with Crippen molar-refractivity contribution in [3.8, 4) is 0 Å². The Morgan fingerprint density at radius 1 is 0.946 bits per heavy atom. The molecule has 200 valence electrons. The predicted octanol–water partition coefficient (Wildman–Crippen LogP) is 5.03. The molecule has 0 aromatic heterocycles. The first-order chi connectivity index (χ1) is 17.8. The average Bonchev–Trinajstić information content (AvgIpc) is 2.89. The van der Waals surface area contributed by atoms with Crippen LogP contribution in [0.25, 0.3) is 0 Å². The van der Waals surface area contributed by atoms with Crippen LogP contribution in [0.1, 0.15) is 50.7 Å². The van der Waals surface area contributed by atoms with Crippen LogP contribution in [0.4, 0.5) is 4.79 Å². The standard InChI is InChI=1S/C27H35N2O7P/c1-20(2)25(29-24(30)17-16-21-11-5-3-6-12-21)37(34)36-23(26(31)32)15-9-10-18-28-27(33)35-19-22-13-7-4-8-14-22/h3-8,11-14,20,23,25H,9-10,15-19H2,1-2H3,(H2-,28,29,30,31,32,33)/p+1/t23?,25-/m0/s1. The molecule has 2 amide bonds. The molecule has 0 spiro atoms. The van der Waals surface area contributed by atoms with Crippen LogP contribution >= 0.6 is 8.03 Å². The number of carboxylic acid groups (broad SMARTS) is 1. The third-order valence-electron chi connectivity index (χ3n) is 5.53. The summed E-state index contributed by atoms with van der Waals surface area (Å²) in [4.78, 5) is 35.9. The number of nitrogens with one attached hydrogen (secondary N) is 2. The van der Waals surface area contributed by atoms with Gasteiger partial charge in [0.15, 0.2) is 0 Å². The minimum absolute atomic E-state index is 0.115. The van der Waals surface area contributed by atoms with E-state index in [1.54, 1.807) is 13.8 Å². The Morgan fingerprint density at radius 3 is 2.16 bits per heavy atom. The van der Waals surface area contributed by atoms with Crippen LogP contribution in [-0.4, -0.2) is 41.5 Å². The van der Waals surface area contributed by atoms with Crippen molar-refractivity contribution in [3.05, 3.63) is 71.8 Å². The van der Waals surface area contributed by atoms with Crippen molar-refractivity contribution in [1.29, 1.82) is 0 Å². The molecule has 2 aromatic rings. The van der Waals surface area contributed by atoms with Crippen LogP contribution in [0.15, 0.2) is 60.7 Å². The molecule has 0 aliphatic carbocycles. The number of hydrogen-bond acceptors (Lipinski definition) is 6. The SMILES string of the molecule is CC(C)[C@@H](NC(=O)CCc1ccccc1)[P+](=O)OC(CCCCNC(=O)OCc1ccccc1)C(=O)O. The lowest BCUT2D eigenvalue weighted by atomic mass is 10.1. The molecule has 3 N–H and O–H groups in total. The highest BCUT2D eigenvalue weighted by atomic mass is 31.1. The first-order valence-electron chi connectivity index (χ1n) is 12.4. The van der Waals surface area contributed by atoms with Gasteiger partial charge < -0.3 is 20.5 Å². The number of benzene rings is 2. The Balaban J connectivity index is 1.72. The van der Waals surface area contributed by atoms with Gasteiger partial charge in [-0.2, -0.15) is 0 Å². The van der Waals surface area contributed by atoms with Gasteiger partial charge in [-0.15, -0.1) is 4.52 Å². The molecule has 37 heavy (non-hydrogen) atoms. The lowest BCUT2D eigenvalue weighted by Gasteiger charge is -2.14. The summed E-state index contributed by atoms with van der Waals surface area (Å²) >= 11 is 0. The van der Waals surface area contributed by atoms with E-state index in [-0.39, 0.29) is 31.3 Å². The van der Waals surface area contributed by atoms with Crippen molar-refractivity contribution in [2.45, 2.75) is 64.4 Å². The summed E-state index contributed by atoms with van der Waals surface area (Å²) in [7, 11) is -2.47. The van der Waals surface area contributed by atoms with Crippen LogP contribution in [-0.2, 0) is 36.4 Å². The van der Waals surface area contributed by atoms with E-state index in [1.165, 1.54) is 0 Å². The van der Waals surface area contributed by atoms with Gasteiger partial charge in [-0.25, -0.2) is 9.59 Å². The maximum absolute atomic E-state index is 12.9. The number of carbonyl (C=O) groups excluding carboxylic acids is 2. The highest BCUT2D eigenvalue weighted by Gasteiger charge is 2.41. The van der Waals surface area contributed by atoms with E-state index in [9.17, 15) is 24.1 Å². The summed E-state index contributed by atoms with van der Waals surface area (Å²) in [5.41, 5.74) is 1.89. The predicted molar refractivity (Wildman–Crippen MR) is 140 cm³/mol. The zero-order chi connectivity index (χ0) is 27.0. The first-order valence-corrected chi connectivity index (χ1v) is 13.6. The molecule has 3 atom stereocenters. The van der Waals surface area contributed by atoms with Gasteiger partial charge in [0.2, 0.25) is 12.0 Å². The molecule has 0 bridgehead atoms. The minimum Gasteiger partial charge on any atom is -0.479 e. The molecule has 2 unspecified atom stereocenters. The van der Waals surface area contributed by atoms with E-state index in [1.807, 2.05) is 60.7 Å². The molecular formula is C27H36N2O7P+. The molecule has 0 radical (unpaired) electrons. The Labute approximate surface area is 218 Å². The third kappa shape index (κ3) is 12.0. The van der Waals surface area contributed by atoms with Crippen molar-refractivity contribution in [1.82, 2.24) is 10.6 Å². The molecular weight excluding hydrogens is 495 g/mol. The van der Waals surface area contributed by atoms with E-state index in [0.29, 0.717) is 25.8 Å². The molecule has 0 saturated heterocycles. The largest absolute Gasteiger partial charge is 0.534 e. The zero-order valence-corrected chi connectivity index (χ0v) is 22.2. The molecule has 0 heterocycles. The van der Waals surface area contributed by atoms with Gasteiger partial charge in [0.05, 0.1) is 0 Å². The van der Waals surface area contributed by atoms with Gasteiger partial charge in [-0.1, -0.05) is 74.5 Å². The van der Waals surface area contributed by atoms with Crippen LogP contribution in [0.3, 0.4) is 0 Å². The topological polar surface area (TPSA) is 131 Å². The van der Waals surface area contributed by atoms with E-state index in [0.717, 1.165) is 11.1 Å². The number of carbonyl (C=O) groups is 3. The van der Waals surface area contributed by atoms with Gasteiger partial charge in [0.1, 0.15) is 6.61 Å². The van der Waals surface area contributed by atoms with Crippen LogP contribution in [0, 0.1) is 5.92 Å². The second-order valence-electron chi connectivity index (χ2n) is 8.94. The van der Waals surface area contributed by atoms with E-state index < -0.39 is 32.0 Å². The molecule has 9 nitrogen and oxygen atoms in total. The number of unbranched alkanes of at least 4 members (excludes halogenated alkanes) is 1. The highest BCUT2D eigenvalue weighted by molar-refractivity contribution is 7.40. The van der Waals surface area contributed by atoms with Crippen LogP contribution < -0.4 is 10.6 Å². The normalized spacial score (nSPS) is 12.9. The van der Waals surface area contributed by atoms with E-state index >= 15 is 0 Å². The third-order valence-corrected chi connectivity index (χ3v) is 7.17. The zero-order valence-electron chi connectivity index (χ0n) is 21.3. The summed E-state index contributed by atoms with van der Waals surface area (Å²) < 4.78 is 23.4. The number of aliphatic carboxylic acids is 1. The molecule has 0 saturated carbocycles. The summed E-state index contributed by atoms with van der Waals surface area (Å²) in [5.74, 6) is -2.52. The van der Waals surface area contributed by atoms with Gasteiger partial charge in [0.25, 0.3) is 5.78 Å². The number of amides is 2. The average molecular weight is 532 g/mol. The molecule has 2 rings (SSSR count). The second-order valence-corrected chi connectivity index (χ2v) is 10.3. The fourth-order valence-corrected chi connectivity index (χ4v) is 4.75. The van der Waals surface area contributed by atoms with Gasteiger partial charge in [0, 0.05) is 18.9 Å². The Bertz CT molecular complexity index is 1000. The second kappa shape index (κ2) is 16.5. The van der Waals surface area contributed by atoms with E-state index in [4.69, 9.17) is 9.26 Å². The number of hydrogen-bond donors (Lipinski definition) is 3. The Morgan fingerprint density at radius 2 is 1.57 bits per heavy atom. The minimum atomic E-state index is -2.47. The maximum Gasteiger partial charge on any atom is 0.534 e. The van der Waals surface area contributed by atoms with Gasteiger partial charge in [-0.3, -0.25) is 4.79 Å². The molecule has 0 aliphatic heterocycles. The van der Waals surface area contributed by atoms with Crippen LogP contribution in [0.2, 0.25) is 0 Å². The quantitative estimate of drug-likeness (QED) is 0.205. The van der Waals surface area contributed by atoms with Crippen molar-refractivity contribution in [2.24, 2.45) is 5.92 Å². The van der Waals surface area contributed by atoms with Crippen molar-refractivity contribution >= 4 is 26.0 Å². The fraction of sp³-hybridized carbons (Fsp3) is 0.444.